The van der Waals surface area contributed by atoms with Gasteiger partial charge in [-0.05, 0) is 32.4 Å². The molecule has 0 aliphatic rings. The van der Waals surface area contributed by atoms with E-state index in [-0.39, 0.29) is 5.91 Å². The molecule has 138 valence electrons. The summed E-state index contributed by atoms with van der Waals surface area (Å²) in [6.45, 7) is 10.8. The van der Waals surface area contributed by atoms with E-state index in [9.17, 15) is 4.79 Å². The van der Waals surface area contributed by atoms with Gasteiger partial charge < -0.3 is 10.2 Å². The van der Waals surface area contributed by atoms with E-state index in [2.05, 4.69) is 31.0 Å². The Morgan fingerprint density at radius 1 is 0.696 bits per heavy atom. The van der Waals surface area contributed by atoms with Crippen LogP contribution in [0, 0.1) is 0 Å². The van der Waals surface area contributed by atoms with Crippen LogP contribution in [0.3, 0.4) is 0 Å². The highest BCUT2D eigenvalue weighted by Gasteiger charge is 2.04. The summed E-state index contributed by atoms with van der Waals surface area (Å²) in [4.78, 5) is 14.3. The van der Waals surface area contributed by atoms with Gasteiger partial charge in [-0.2, -0.15) is 0 Å². The maximum absolute atomic E-state index is 11.8. The molecule has 0 saturated carbocycles. The summed E-state index contributed by atoms with van der Waals surface area (Å²) in [7, 11) is 0. The monoisotopic (exact) mass is 326 g/mol. The summed E-state index contributed by atoms with van der Waals surface area (Å²) in [6.07, 6.45) is 14.8. The molecule has 0 atom stereocenters. The van der Waals surface area contributed by atoms with Crippen LogP contribution in [0.1, 0.15) is 97.8 Å². The molecule has 3 nitrogen and oxygen atoms in total. The van der Waals surface area contributed by atoms with Crippen LogP contribution in [0.25, 0.3) is 0 Å². The van der Waals surface area contributed by atoms with E-state index in [1.165, 1.54) is 64.2 Å². The lowest BCUT2D eigenvalue weighted by atomic mass is 10.1. The largest absolute Gasteiger partial charge is 0.355 e. The first-order chi connectivity index (χ1) is 11.2. The molecule has 0 unspecified atom stereocenters. The van der Waals surface area contributed by atoms with E-state index < -0.39 is 0 Å². The molecule has 0 aliphatic heterocycles. The number of nitrogens with zero attached hydrogens (tertiary/aromatic N) is 1. The number of carbonyl (C=O) groups excluding carboxylic acids is 1. The van der Waals surface area contributed by atoms with Crippen molar-refractivity contribution in [1.29, 1.82) is 0 Å². The third-order valence-corrected chi connectivity index (χ3v) is 4.34. The molecule has 0 bridgehead atoms. The van der Waals surface area contributed by atoms with Gasteiger partial charge in [0.05, 0.1) is 0 Å². The molecule has 0 radical (unpaired) electrons. The molecule has 0 spiro atoms. The van der Waals surface area contributed by atoms with Crippen molar-refractivity contribution in [2.75, 3.05) is 26.2 Å². The van der Waals surface area contributed by atoms with Crippen LogP contribution in [-0.2, 0) is 4.79 Å². The molecule has 0 fully saturated rings. The van der Waals surface area contributed by atoms with E-state index in [4.69, 9.17) is 0 Å². The highest BCUT2D eigenvalue weighted by atomic mass is 16.1. The molecule has 0 saturated heterocycles. The first-order valence-corrected chi connectivity index (χ1v) is 10.2. The van der Waals surface area contributed by atoms with Gasteiger partial charge in [0.15, 0.2) is 0 Å². The summed E-state index contributed by atoms with van der Waals surface area (Å²) in [5.41, 5.74) is 0. The van der Waals surface area contributed by atoms with Gasteiger partial charge in [0, 0.05) is 19.5 Å². The summed E-state index contributed by atoms with van der Waals surface area (Å²) in [5, 5.41) is 3.07. The van der Waals surface area contributed by atoms with Gasteiger partial charge in [-0.1, -0.05) is 72.1 Å². The highest BCUT2D eigenvalue weighted by Crippen LogP contribution is 2.10. The highest BCUT2D eigenvalue weighted by molar-refractivity contribution is 5.75. The van der Waals surface area contributed by atoms with E-state index in [1.54, 1.807) is 0 Å². The summed E-state index contributed by atoms with van der Waals surface area (Å²) in [5.74, 6) is 0.237. The summed E-state index contributed by atoms with van der Waals surface area (Å²) in [6, 6.07) is 0. The third kappa shape index (κ3) is 16.1. The van der Waals surface area contributed by atoms with Crippen LogP contribution >= 0.6 is 0 Å². The number of nitrogens with one attached hydrogen (secondary N) is 1. The Labute approximate surface area is 145 Å². The third-order valence-electron chi connectivity index (χ3n) is 4.34. The molecule has 0 heterocycles. The molecule has 0 aromatic rings. The van der Waals surface area contributed by atoms with Gasteiger partial charge in [-0.3, -0.25) is 4.79 Å². The number of rotatable bonds is 17. The van der Waals surface area contributed by atoms with E-state index in [1.807, 2.05) is 0 Å². The first kappa shape index (κ1) is 22.4. The van der Waals surface area contributed by atoms with Crippen LogP contribution in [-0.4, -0.2) is 37.0 Å². The second-order valence-electron chi connectivity index (χ2n) is 6.77. The van der Waals surface area contributed by atoms with Crippen molar-refractivity contribution in [2.24, 2.45) is 0 Å². The molecular formula is C20H42N2O. The zero-order valence-electron chi connectivity index (χ0n) is 16.2. The zero-order valence-corrected chi connectivity index (χ0v) is 16.2. The Morgan fingerprint density at radius 3 is 1.74 bits per heavy atom. The maximum atomic E-state index is 11.8. The predicted octanol–water partition coefficient (Wildman–Crippen LogP) is 5.15. The zero-order chi connectivity index (χ0) is 17.2. The van der Waals surface area contributed by atoms with Gasteiger partial charge in [-0.25, -0.2) is 0 Å². The minimum atomic E-state index is 0.237. The lowest BCUT2D eigenvalue weighted by molar-refractivity contribution is -0.121. The van der Waals surface area contributed by atoms with E-state index in [0.29, 0.717) is 6.42 Å². The Kier molecular flexibility index (Phi) is 17.3. The van der Waals surface area contributed by atoms with Gasteiger partial charge in [0.25, 0.3) is 0 Å². The fourth-order valence-electron chi connectivity index (χ4n) is 3.01. The van der Waals surface area contributed by atoms with Gasteiger partial charge in [0.1, 0.15) is 0 Å². The van der Waals surface area contributed by atoms with Crippen LogP contribution < -0.4 is 5.32 Å². The van der Waals surface area contributed by atoms with Gasteiger partial charge in [-0.15, -0.1) is 0 Å². The Bertz CT molecular complexity index is 250. The summed E-state index contributed by atoms with van der Waals surface area (Å²) < 4.78 is 0. The number of amides is 1. The fraction of sp³-hybridized carbons (Fsp3) is 0.950. The normalized spacial score (nSPS) is 11.1. The van der Waals surface area contributed by atoms with Gasteiger partial charge in [0.2, 0.25) is 5.91 Å². The van der Waals surface area contributed by atoms with Crippen LogP contribution in [0.15, 0.2) is 0 Å². The molecule has 0 aliphatic carbocycles. The number of hydrogen-bond acceptors (Lipinski definition) is 2. The lowest BCUT2D eigenvalue weighted by Gasteiger charge is -2.20. The minimum absolute atomic E-state index is 0.237. The molecule has 0 aromatic carbocycles. The smallest absolute Gasteiger partial charge is 0.220 e. The minimum Gasteiger partial charge on any atom is -0.355 e. The van der Waals surface area contributed by atoms with Crippen molar-refractivity contribution >= 4 is 5.91 Å². The predicted molar refractivity (Wildman–Crippen MR) is 102 cm³/mol. The van der Waals surface area contributed by atoms with Crippen molar-refractivity contribution in [3.05, 3.63) is 0 Å². The Hall–Kier alpha value is -0.570. The van der Waals surface area contributed by atoms with Crippen molar-refractivity contribution in [3.63, 3.8) is 0 Å². The molecule has 3 heteroatoms. The maximum Gasteiger partial charge on any atom is 0.220 e. The Balaban J connectivity index is 3.39. The molecule has 1 amide bonds. The SMILES string of the molecule is CCCCCCCCCCCC(=O)NCCN(CCC)CCC. The second-order valence-corrected chi connectivity index (χ2v) is 6.77. The van der Waals surface area contributed by atoms with Gasteiger partial charge >= 0.3 is 0 Å². The van der Waals surface area contributed by atoms with Crippen molar-refractivity contribution in [3.8, 4) is 0 Å². The fourth-order valence-corrected chi connectivity index (χ4v) is 3.01. The summed E-state index contributed by atoms with van der Waals surface area (Å²) >= 11 is 0. The Morgan fingerprint density at radius 2 is 1.22 bits per heavy atom. The number of unbranched alkanes of at least 4 members (excludes halogenated alkanes) is 8. The standard InChI is InChI=1S/C20H42N2O/c1-4-7-8-9-10-11-12-13-14-15-20(23)21-16-19-22(17-5-2)18-6-3/h4-19H2,1-3H3,(H,21,23). The topological polar surface area (TPSA) is 32.3 Å². The van der Waals surface area contributed by atoms with Crippen molar-refractivity contribution in [2.45, 2.75) is 97.8 Å². The molecule has 1 N–H and O–H groups in total. The number of carbonyl (C=O) groups is 1. The van der Waals surface area contributed by atoms with E-state index in [0.717, 1.165) is 32.6 Å². The van der Waals surface area contributed by atoms with Crippen molar-refractivity contribution < 1.29 is 4.79 Å². The average Bonchev–Trinajstić information content (AvgIpc) is 2.53. The van der Waals surface area contributed by atoms with Crippen molar-refractivity contribution in [1.82, 2.24) is 10.2 Å². The molecule has 0 rings (SSSR count). The van der Waals surface area contributed by atoms with Crippen LogP contribution in [0.4, 0.5) is 0 Å². The second kappa shape index (κ2) is 17.8. The lowest BCUT2D eigenvalue weighted by Crippen LogP contribution is -2.35. The number of hydrogen-bond donors (Lipinski definition) is 1. The molecular weight excluding hydrogens is 284 g/mol. The molecule has 0 aromatic heterocycles. The quantitative estimate of drug-likeness (QED) is 0.375. The van der Waals surface area contributed by atoms with E-state index >= 15 is 0 Å². The first-order valence-electron chi connectivity index (χ1n) is 10.2. The average molecular weight is 327 g/mol. The van der Waals surface area contributed by atoms with Crippen LogP contribution in [0.5, 0.6) is 0 Å². The molecule has 23 heavy (non-hydrogen) atoms. The van der Waals surface area contributed by atoms with Crippen LogP contribution in [0.2, 0.25) is 0 Å².